The maximum Gasteiger partial charge on any atom is 0.258 e. The van der Waals surface area contributed by atoms with Gasteiger partial charge in [0.1, 0.15) is 11.3 Å². The monoisotopic (exact) mass is 418 g/mol. The quantitative estimate of drug-likeness (QED) is 0.705. The standard InChI is InChI=1S/C24H30N6O/c1-5-19-22-11-21(27-30(22)13-16(3)25-19)20-12-23(31)29-14-18(10-15(2)24(29)26-20)17-6-8-28(4)9-7-17/h10-14,17,19,25H,5-9H2,1-4H3. The summed E-state index contributed by atoms with van der Waals surface area (Å²) < 4.78 is 3.62. The van der Waals surface area contributed by atoms with Gasteiger partial charge in [0.15, 0.2) is 0 Å². The Balaban J connectivity index is 1.56. The summed E-state index contributed by atoms with van der Waals surface area (Å²) in [6, 6.07) is 6.09. The van der Waals surface area contributed by atoms with Crippen molar-refractivity contribution in [2.45, 2.75) is 52.0 Å². The maximum absolute atomic E-state index is 13.1. The van der Waals surface area contributed by atoms with Crippen LogP contribution in [0.25, 0.3) is 23.2 Å². The Morgan fingerprint density at radius 2 is 1.90 bits per heavy atom. The van der Waals surface area contributed by atoms with Crippen LogP contribution in [0.15, 0.2) is 34.9 Å². The molecule has 1 N–H and O–H groups in total. The number of fused-ring (bicyclic) bond motifs is 2. The van der Waals surface area contributed by atoms with Crippen LogP contribution < -0.4 is 10.9 Å². The molecular formula is C24H30N6O. The number of rotatable bonds is 3. The molecule has 5 rings (SSSR count). The van der Waals surface area contributed by atoms with Gasteiger partial charge in [-0.1, -0.05) is 13.0 Å². The highest BCUT2D eigenvalue weighted by atomic mass is 16.1. The van der Waals surface area contributed by atoms with Crippen LogP contribution in [-0.4, -0.2) is 44.2 Å². The van der Waals surface area contributed by atoms with Crippen molar-refractivity contribution in [1.82, 2.24) is 29.4 Å². The predicted molar refractivity (Wildman–Crippen MR) is 123 cm³/mol. The molecule has 7 nitrogen and oxygen atoms in total. The van der Waals surface area contributed by atoms with Crippen LogP contribution in [0, 0.1) is 6.92 Å². The van der Waals surface area contributed by atoms with Gasteiger partial charge in [-0.25, -0.2) is 9.67 Å². The fourth-order valence-corrected chi connectivity index (χ4v) is 4.87. The summed E-state index contributed by atoms with van der Waals surface area (Å²) in [5, 5.41) is 8.22. The molecule has 0 spiro atoms. The molecule has 1 atom stereocenters. The van der Waals surface area contributed by atoms with Crippen molar-refractivity contribution in [3.05, 3.63) is 57.3 Å². The third-order valence-electron chi connectivity index (χ3n) is 6.67. The molecule has 162 valence electrons. The van der Waals surface area contributed by atoms with Gasteiger partial charge < -0.3 is 10.2 Å². The molecule has 3 aromatic heterocycles. The van der Waals surface area contributed by atoms with Gasteiger partial charge in [-0.15, -0.1) is 0 Å². The van der Waals surface area contributed by atoms with Crippen molar-refractivity contribution in [3.63, 3.8) is 0 Å². The Morgan fingerprint density at radius 3 is 2.65 bits per heavy atom. The smallest absolute Gasteiger partial charge is 0.258 e. The van der Waals surface area contributed by atoms with Crippen molar-refractivity contribution >= 4 is 11.8 Å². The Bertz CT molecular complexity index is 1230. The predicted octanol–water partition coefficient (Wildman–Crippen LogP) is 3.55. The fraction of sp³-hybridized carbons (Fsp3) is 0.458. The highest BCUT2D eigenvalue weighted by Crippen LogP contribution is 2.30. The van der Waals surface area contributed by atoms with E-state index in [0.717, 1.165) is 55.0 Å². The minimum absolute atomic E-state index is 0.0549. The molecule has 5 heterocycles. The summed E-state index contributed by atoms with van der Waals surface area (Å²) in [6.45, 7) is 8.43. The Labute approximate surface area is 182 Å². The zero-order valence-corrected chi connectivity index (χ0v) is 18.7. The van der Waals surface area contributed by atoms with Crippen LogP contribution >= 0.6 is 0 Å². The minimum atomic E-state index is -0.0549. The number of aryl methyl sites for hydroxylation is 1. The van der Waals surface area contributed by atoms with Crippen molar-refractivity contribution in [2.75, 3.05) is 20.1 Å². The number of nitrogens with one attached hydrogen (secondary N) is 1. The van der Waals surface area contributed by atoms with Crippen LogP contribution in [0.2, 0.25) is 0 Å². The normalized spacial score (nSPS) is 19.9. The molecule has 3 aromatic rings. The van der Waals surface area contributed by atoms with Gasteiger partial charge in [0.2, 0.25) is 0 Å². The minimum Gasteiger partial charge on any atom is -0.379 e. The number of pyridine rings is 1. The average Bonchev–Trinajstić information content (AvgIpc) is 3.18. The zero-order valence-electron chi connectivity index (χ0n) is 18.7. The summed E-state index contributed by atoms with van der Waals surface area (Å²) in [7, 11) is 2.17. The van der Waals surface area contributed by atoms with Crippen molar-refractivity contribution in [3.8, 4) is 11.4 Å². The third kappa shape index (κ3) is 3.57. The van der Waals surface area contributed by atoms with Gasteiger partial charge in [-0.05, 0) is 76.4 Å². The summed E-state index contributed by atoms with van der Waals surface area (Å²) in [5.41, 5.74) is 6.47. The lowest BCUT2D eigenvalue weighted by atomic mass is 9.90. The van der Waals surface area contributed by atoms with Crippen LogP contribution in [0.3, 0.4) is 0 Å². The van der Waals surface area contributed by atoms with E-state index in [1.807, 2.05) is 37.0 Å². The molecular weight excluding hydrogens is 388 g/mol. The number of piperidine rings is 1. The molecule has 0 amide bonds. The molecule has 0 aliphatic carbocycles. The number of allylic oxidation sites excluding steroid dienone is 1. The molecule has 0 bridgehead atoms. The van der Waals surface area contributed by atoms with Crippen LogP contribution in [0.4, 0.5) is 0 Å². The van der Waals surface area contributed by atoms with E-state index in [-0.39, 0.29) is 11.6 Å². The number of nitrogens with zero attached hydrogens (tertiary/aromatic N) is 5. The summed E-state index contributed by atoms with van der Waals surface area (Å²) in [6.07, 6.45) is 7.20. The van der Waals surface area contributed by atoms with Gasteiger partial charge in [0.25, 0.3) is 5.56 Å². The SMILES string of the molecule is CCC1NC(C)=Cn2nc(-c3cc(=O)n4cc(C5CCN(C)CC5)cc(C)c4n3)cc21. The lowest BCUT2D eigenvalue weighted by Crippen LogP contribution is -2.29. The first-order chi connectivity index (χ1) is 14.9. The molecule has 1 fully saturated rings. The van der Waals surface area contributed by atoms with E-state index in [0.29, 0.717) is 17.3 Å². The first kappa shape index (κ1) is 20.0. The van der Waals surface area contributed by atoms with Gasteiger partial charge in [-0.2, -0.15) is 5.10 Å². The van der Waals surface area contributed by atoms with E-state index >= 15 is 0 Å². The highest BCUT2D eigenvalue weighted by molar-refractivity contribution is 5.61. The van der Waals surface area contributed by atoms with Crippen molar-refractivity contribution < 1.29 is 0 Å². The van der Waals surface area contributed by atoms with E-state index in [2.05, 4.69) is 30.3 Å². The lowest BCUT2D eigenvalue weighted by molar-refractivity contribution is 0.255. The second-order valence-corrected chi connectivity index (χ2v) is 9.02. The molecule has 2 aliphatic rings. The van der Waals surface area contributed by atoms with Crippen molar-refractivity contribution in [1.29, 1.82) is 0 Å². The van der Waals surface area contributed by atoms with E-state index in [4.69, 9.17) is 10.1 Å². The molecule has 0 aromatic carbocycles. The van der Waals surface area contributed by atoms with Gasteiger partial charge in [0, 0.05) is 24.2 Å². The van der Waals surface area contributed by atoms with E-state index in [1.165, 1.54) is 5.56 Å². The zero-order chi connectivity index (χ0) is 21.7. The molecule has 0 saturated carbocycles. The number of hydrogen-bond donors (Lipinski definition) is 1. The van der Waals surface area contributed by atoms with Gasteiger partial charge in [0.05, 0.1) is 17.4 Å². The number of aromatic nitrogens is 4. The summed E-state index contributed by atoms with van der Waals surface area (Å²) >= 11 is 0. The molecule has 0 radical (unpaired) electrons. The van der Waals surface area contributed by atoms with Gasteiger partial charge in [-0.3, -0.25) is 9.20 Å². The number of likely N-dealkylation sites (tertiary alicyclic amines) is 1. The Hall–Kier alpha value is -2.93. The molecule has 2 aliphatic heterocycles. The Kier molecular flexibility index (Phi) is 4.93. The topological polar surface area (TPSA) is 67.5 Å². The van der Waals surface area contributed by atoms with E-state index < -0.39 is 0 Å². The first-order valence-corrected chi connectivity index (χ1v) is 11.2. The van der Waals surface area contributed by atoms with Crippen molar-refractivity contribution in [2.24, 2.45) is 0 Å². The lowest BCUT2D eigenvalue weighted by Gasteiger charge is -2.29. The molecule has 1 saturated heterocycles. The highest BCUT2D eigenvalue weighted by Gasteiger charge is 2.23. The Morgan fingerprint density at radius 1 is 1.13 bits per heavy atom. The fourth-order valence-electron chi connectivity index (χ4n) is 4.87. The van der Waals surface area contributed by atoms with E-state index in [9.17, 15) is 4.79 Å². The largest absolute Gasteiger partial charge is 0.379 e. The second-order valence-electron chi connectivity index (χ2n) is 9.02. The molecule has 1 unspecified atom stereocenters. The van der Waals surface area contributed by atoms with Crippen LogP contribution in [0.1, 0.15) is 61.9 Å². The molecule has 31 heavy (non-hydrogen) atoms. The van der Waals surface area contributed by atoms with Crippen LogP contribution in [0.5, 0.6) is 0 Å². The second kappa shape index (κ2) is 7.64. The summed E-state index contributed by atoms with van der Waals surface area (Å²) in [5.74, 6) is 0.499. The first-order valence-electron chi connectivity index (χ1n) is 11.2. The third-order valence-corrected chi connectivity index (χ3v) is 6.67. The number of hydrogen-bond acceptors (Lipinski definition) is 5. The molecule has 7 heteroatoms. The summed E-state index contributed by atoms with van der Waals surface area (Å²) in [4.78, 5) is 20.3. The van der Waals surface area contributed by atoms with Gasteiger partial charge >= 0.3 is 0 Å². The maximum atomic E-state index is 13.1. The average molecular weight is 419 g/mol. The van der Waals surface area contributed by atoms with Crippen LogP contribution in [-0.2, 0) is 0 Å². The van der Waals surface area contributed by atoms with E-state index in [1.54, 1.807) is 10.5 Å².